The summed E-state index contributed by atoms with van der Waals surface area (Å²) in [5, 5.41) is 4.56. The van der Waals surface area contributed by atoms with E-state index in [1.165, 1.54) is 38.8 Å². The van der Waals surface area contributed by atoms with E-state index in [0.717, 1.165) is 13.1 Å². The Morgan fingerprint density at radius 3 is 2.38 bits per heavy atom. The summed E-state index contributed by atoms with van der Waals surface area (Å²) in [6.45, 7) is 4.85. The van der Waals surface area contributed by atoms with Crippen LogP contribution in [0.2, 0.25) is 0 Å². The van der Waals surface area contributed by atoms with Gasteiger partial charge in [-0.25, -0.2) is 0 Å². The molecule has 2 aliphatic heterocycles. The van der Waals surface area contributed by atoms with Crippen LogP contribution >= 0.6 is 0 Å². The predicted octanol–water partition coefficient (Wildman–Crippen LogP) is 1.86. The molecule has 3 heteroatoms. The average Bonchev–Trinajstić information content (AvgIpc) is 2.13. The van der Waals surface area contributed by atoms with Crippen LogP contribution in [0.3, 0.4) is 0 Å². The predicted molar refractivity (Wildman–Crippen MR) is 51.5 cm³/mol. The number of hydrogen-bond donors (Lipinski definition) is 0. The van der Waals surface area contributed by atoms with Crippen molar-refractivity contribution in [3.8, 4) is 0 Å². The van der Waals surface area contributed by atoms with Crippen molar-refractivity contribution in [2.24, 2.45) is 5.41 Å². The van der Waals surface area contributed by atoms with Crippen LogP contribution in [0.1, 0.15) is 25.7 Å². The van der Waals surface area contributed by atoms with E-state index in [1.54, 1.807) is 0 Å². The Balaban J connectivity index is 0.000000845. The number of likely N-dealkylation sites (tertiary alicyclic amines) is 1. The van der Waals surface area contributed by atoms with Gasteiger partial charge in [-0.2, -0.15) is 0 Å². The number of hydrogen-bond acceptors (Lipinski definition) is 1. The van der Waals surface area contributed by atoms with E-state index in [-0.39, 0.29) is 21.1 Å². The van der Waals surface area contributed by atoms with Gasteiger partial charge in [0, 0.05) is 21.1 Å². The van der Waals surface area contributed by atoms with Crippen molar-refractivity contribution >= 4 is 0 Å². The molecule has 13 heavy (non-hydrogen) atoms. The van der Waals surface area contributed by atoms with Gasteiger partial charge in [-0.3, -0.25) is 0 Å². The molecule has 0 aromatic rings. The third-order valence-corrected chi connectivity index (χ3v) is 3.52. The first-order chi connectivity index (χ1) is 5.81. The molecule has 2 nitrogen and oxygen atoms in total. The molecule has 0 atom stereocenters. The van der Waals surface area contributed by atoms with Gasteiger partial charge >= 0.3 is 0 Å². The molecule has 2 saturated heterocycles. The molecule has 0 radical (unpaired) electrons. The Kier molecular flexibility index (Phi) is 4.41. The maximum atomic E-state index is 4.56. The van der Waals surface area contributed by atoms with E-state index in [9.17, 15) is 0 Å². The van der Waals surface area contributed by atoms with Crippen molar-refractivity contribution in [3.63, 3.8) is 0 Å². The molecule has 2 fully saturated rings. The SMILES string of the molecule is CN1CCC2(CCC[N-]C2)CC1.[W]. The van der Waals surface area contributed by atoms with Crippen LogP contribution in [0.25, 0.3) is 5.32 Å². The van der Waals surface area contributed by atoms with Crippen LogP contribution < -0.4 is 0 Å². The van der Waals surface area contributed by atoms with Gasteiger partial charge in [0.05, 0.1) is 0 Å². The molecule has 2 heterocycles. The van der Waals surface area contributed by atoms with E-state index in [4.69, 9.17) is 0 Å². The van der Waals surface area contributed by atoms with Crippen molar-refractivity contribution < 1.29 is 21.1 Å². The topological polar surface area (TPSA) is 17.3 Å². The van der Waals surface area contributed by atoms with E-state index in [0.29, 0.717) is 5.41 Å². The third-order valence-electron chi connectivity index (χ3n) is 3.52. The molecule has 1 spiro atoms. The molecule has 0 bridgehead atoms. The molecule has 0 N–H and O–H groups in total. The third kappa shape index (κ3) is 2.78. The molecule has 0 unspecified atom stereocenters. The van der Waals surface area contributed by atoms with Gasteiger partial charge < -0.3 is 10.2 Å². The van der Waals surface area contributed by atoms with Crippen LogP contribution in [0, 0.1) is 5.41 Å². The van der Waals surface area contributed by atoms with Gasteiger partial charge in [0.1, 0.15) is 0 Å². The minimum Gasteiger partial charge on any atom is -0.662 e. The van der Waals surface area contributed by atoms with Crippen molar-refractivity contribution in [1.29, 1.82) is 0 Å². The summed E-state index contributed by atoms with van der Waals surface area (Å²) in [5.41, 5.74) is 0.630. The summed E-state index contributed by atoms with van der Waals surface area (Å²) < 4.78 is 0. The van der Waals surface area contributed by atoms with Gasteiger partial charge in [-0.15, -0.1) is 13.1 Å². The first kappa shape index (κ1) is 11.7. The van der Waals surface area contributed by atoms with E-state index in [1.807, 2.05) is 0 Å². The molecule has 0 aliphatic carbocycles. The molecular formula is C10H19N2W-. The fourth-order valence-electron chi connectivity index (χ4n) is 2.46. The fraction of sp³-hybridized carbons (Fsp3) is 1.00. The summed E-state index contributed by atoms with van der Waals surface area (Å²) in [7, 11) is 2.23. The largest absolute Gasteiger partial charge is 0.662 e. The van der Waals surface area contributed by atoms with Gasteiger partial charge in [-0.05, 0) is 38.4 Å². The smallest absolute Gasteiger partial charge is 0 e. The average molecular weight is 351 g/mol. The zero-order valence-corrected chi connectivity index (χ0v) is 11.4. The molecule has 2 aliphatic rings. The van der Waals surface area contributed by atoms with Crippen LogP contribution in [0.15, 0.2) is 0 Å². The maximum Gasteiger partial charge on any atom is 0 e. The molecule has 0 aromatic heterocycles. The molecule has 0 aromatic carbocycles. The van der Waals surface area contributed by atoms with Gasteiger partial charge in [-0.1, -0.05) is 12.8 Å². The van der Waals surface area contributed by atoms with Crippen molar-refractivity contribution in [1.82, 2.24) is 4.90 Å². The van der Waals surface area contributed by atoms with Gasteiger partial charge in [0.25, 0.3) is 0 Å². The monoisotopic (exact) mass is 351 g/mol. The minimum absolute atomic E-state index is 0. The van der Waals surface area contributed by atoms with Crippen LogP contribution in [-0.2, 0) is 21.1 Å². The van der Waals surface area contributed by atoms with Crippen molar-refractivity contribution in [3.05, 3.63) is 5.32 Å². The summed E-state index contributed by atoms with van der Waals surface area (Å²) in [5.74, 6) is 0. The zero-order chi connectivity index (χ0) is 8.44. The Morgan fingerprint density at radius 2 is 1.85 bits per heavy atom. The Bertz CT molecular complexity index is 145. The first-order valence-corrected chi connectivity index (χ1v) is 5.13. The van der Waals surface area contributed by atoms with E-state index in [2.05, 4.69) is 17.3 Å². The summed E-state index contributed by atoms with van der Waals surface area (Å²) in [4.78, 5) is 2.44. The standard InChI is InChI=1S/C10H19N2.W/c1-12-7-4-10(5-8-12)3-2-6-11-9-10;/h2-9H2,1H3;/q-1;. The molecular weight excluding hydrogens is 332 g/mol. The number of piperidine rings is 2. The quantitative estimate of drug-likeness (QED) is 0.651. The van der Waals surface area contributed by atoms with E-state index >= 15 is 0 Å². The maximum absolute atomic E-state index is 4.56. The molecule has 76 valence electrons. The van der Waals surface area contributed by atoms with Crippen LogP contribution in [-0.4, -0.2) is 38.1 Å². The van der Waals surface area contributed by atoms with Gasteiger partial charge in [0.2, 0.25) is 0 Å². The van der Waals surface area contributed by atoms with Crippen LogP contribution in [0.4, 0.5) is 0 Å². The Labute approximate surface area is 95.7 Å². The number of nitrogens with zero attached hydrogens (tertiary/aromatic N) is 2. The normalized spacial score (nSPS) is 28.4. The zero-order valence-electron chi connectivity index (χ0n) is 8.46. The summed E-state index contributed by atoms with van der Waals surface area (Å²) in [6.07, 6.45) is 5.54. The minimum atomic E-state index is 0. The van der Waals surface area contributed by atoms with E-state index < -0.39 is 0 Å². The van der Waals surface area contributed by atoms with Gasteiger partial charge in [0.15, 0.2) is 0 Å². The first-order valence-electron chi connectivity index (χ1n) is 5.13. The Hall–Kier alpha value is 0.608. The fourth-order valence-corrected chi connectivity index (χ4v) is 2.46. The van der Waals surface area contributed by atoms with Crippen LogP contribution in [0.5, 0.6) is 0 Å². The molecule has 0 amide bonds. The Morgan fingerprint density at radius 1 is 1.15 bits per heavy atom. The molecule has 0 saturated carbocycles. The van der Waals surface area contributed by atoms with Crippen molar-refractivity contribution in [2.45, 2.75) is 25.7 Å². The number of rotatable bonds is 0. The second kappa shape index (κ2) is 4.91. The summed E-state index contributed by atoms with van der Waals surface area (Å²) >= 11 is 0. The summed E-state index contributed by atoms with van der Waals surface area (Å²) in [6, 6.07) is 0. The second-order valence-corrected chi connectivity index (χ2v) is 4.51. The van der Waals surface area contributed by atoms with Crippen molar-refractivity contribution in [2.75, 3.05) is 33.2 Å². The molecule has 2 rings (SSSR count). The second-order valence-electron chi connectivity index (χ2n) is 4.51.